The van der Waals surface area contributed by atoms with Crippen LogP contribution in [0.3, 0.4) is 0 Å². The molecule has 2 aromatic rings. The van der Waals surface area contributed by atoms with Gasteiger partial charge in [-0.15, -0.1) is 0 Å². The first kappa shape index (κ1) is 10.7. The van der Waals surface area contributed by atoms with Crippen molar-refractivity contribution in [2.75, 3.05) is 6.61 Å². The van der Waals surface area contributed by atoms with Crippen LogP contribution in [0, 0.1) is 0 Å². The number of hydrogen-bond acceptors (Lipinski definition) is 2. The third-order valence-corrected chi connectivity index (χ3v) is 2.46. The zero-order valence-corrected chi connectivity index (χ0v) is 9.02. The molecule has 0 amide bonds. The first-order valence-corrected chi connectivity index (χ1v) is 5.21. The molecular weight excluding hydrogens is 200 g/mol. The number of aliphatic hydroxyl groups excluding tert-OH is 1. The van der Waals surface area contributed by atoms with Gasteiger partial charge in [-0.3, -0.25) is 0 Å². The Morgan fingerprint density at radius 3 is 2.50 bits per heavy atom. The molecule has 0 aliphatic rings. The molecule has 16 heavy (non-hydrogen) atoms. The van der Waals surface area contributed by atoms with Crippen LogP contribution in [-0.2, 0) is 6.61 Å². The standard InChI is InChI=1S/C14H14O2/c1-2-7-16-14-9-12-6-4-3-5-11(12)8-13(14)10-15/h2-6,8-9,15H,1,7,10H2. The van der Waals surface area contributed by atoms with E-state index in [2.05, 4.69) is 6.58 Å². The molecule has 82 valence electrons. The SMILES string of the molecule is C=CCOc1cc2ccccc2cc1CO. The lowest BCUT2D eigenvalue weighted by Crippen LogP contribution is -1.97. The van der Waals surface area contributed by atoms with Crippen LogP contribution in [0.25, 0.3) is 10.8 Å². The predicted molar refractivity (Wildman–Crippen MR) is 65.6 cm³/mol. The molecule has 0 saturated heterocycles. The van der Waals surface area contributed by atoms with E-state index in [0.29, 0.717) is 6.61 Å². The smallest absolute Gasteiger partial charge is 0.125 e. The Labute approximate surface area is 94.8 Å². The molecule has 2 nitrogen and oxygen atoms in total. The lowest BCUT2D eigenvalue weighted by atomic mass is 10.1. The van der Waals surface area contributed by atoms with Gasteiger partial charge in [-0.05, 0) is 22.9 Å². The van der Waals surface area contributed by atoms with Gasteiger partial charge >= 0.3 is 0 Å². The van der Waals surface area contributed by atoms with Gasteiger partial charge in [0, 0.05) is 5.56 Å². The number of fused-ring (bicyclic) bond motifs is 1. The molecule has 0 aliphatic carbocycles. The fourth-order valence-electron chi connectivity index (χ4n) is 1.67. The molecule has 0 heterocycles. The summed E-state index contributed by atoms with van der Waals surface area (Å²) in [4.78, 5) is 0. The van der Waals surface area contributed by atoms with Gasteiger partial charge in [-0.2, -0.15) is 0 Å². The molecule has 0 spiro atoms. The van der Waals surface area contributed by atoms with Crippen molar-refractivity contribution in [1.82, 2.24) is 0 Å². The van der Waals surface area contributed by atoms with Gasteiger partial charge in [0.25, 0.3) is 0 Å². The molecule has 0 unspecified atom stereocenters. The van der Waals surface area contributed by atoms with E-state index in [1.54, 1.807) is 6.08 Å². The van der Waals surface area contributed by atoms with Gasteiger partial charge in [0.15, 0.2) is 0 Å². The average Bonchev–Trinajstić information content (AvgIpc) is 2.35. The Bertz CT molecular complexity index is 503. The maximum Gasteiger partial charge on any atom is 0.125 e. The van der Waals surface area contributed by atoms with Crippen LogP contribution in [0.4, 0.5) is 0 Å². The zero-order valence-electron chi connectivity index (χ0n) is 9.02. The second-order valence-corrected chi connectivity index (χ2v) is 3.56. The van der Waals surface area contributed by atoms with Crippen molar-refractivity contribution >= 4 is 10.8 Å². The van der Waals surface area contributed by atoms with Gasteiger partial charge in [0.2, 0.25) is 0 Å². The van der Waals surface area contributed by atoms with Crippen LogP contribution in [0.2, 0.25) is 0 Å². The Morgan fingerprint density at radius 2 is 1.88 bits per heavy atom. The van der Waals surface area contributed by atoms with E-state index >= 15 is 0 Å². The lowest BCUT2D eigenvalue weighted by Gasteiger charge is -2.10. The Balaban J connectivity index is 2.49. The molecule has 0 atom stereocenters. The second kappa shape index (κ2) is 4.81. The van der Waals surface area contributed by atoms with Crippen LogP contribution in [0.15, 0.2) is 49.1 Å². The van der Waals surface area contributed by atoms with Crippen molar-refractivity contribution in [3.05, 3.63) is 54.6 Å². The first-order valence-electron chi connectivity index (χ1n) is 5.21. The molecular formula is C14H14O2. The van der Waals surface area contributed by atoms with E-state index in [-0.39, 0.29) is 6.61 Å². The highest BCUT2D eigenvalue weighted by atomic mass is 16.5. The quantitative estimate of drug-likeness (QED) is 0.793. The van der Waals surface area contributed by atoms with E-state index in [1.807, 2.05) is 36.4 Å². The summed E-state index contributed by atoms with van der Waals surface area (Å²) in [5.41, 5.74) is 0.806. The molecule has 2 rings (SSSR count). The maximum atomic E-state index is 9.27. The van der Waals surface area contributed by atoms with E-state index in [4.69, 9.17) is 4.74 Å². The van der Waals surface area contributed by atoms with Gasteiger partial charge < -0.3 is 9.84 Å². The number of benzene rings is 2. The maximum absolute atomic E-state index is 9.27. The van der Waals surface area contributed by atoms with Gasteiger partial charge in [0.1, 0.15) is 12.4 Å². The summed E-state index contributed by atoms with van der Waals surface area (Å²) in [6, 6.07) is 11.9. The van der Waals surface area contributed by atoms with Gasteiger partial charge in [-0.1, -0.05) is 36.9 Å². The highest BCUT2D eigenvalue weighted by Crippen LogP contribution is 2.26. The molecule has 0 aliphatic heterocycles. The van der Waals surface area contributed by atoms with Gasteiger partial charge in [-0.25, -0.2) is 0 Å². The summed E-state index contributed by atoms with van der Waals surface area (Å²) >= 11 is 0. The first-order chi connectivity index (χ1) is 7.85. The number of ether oxygens (including phenoxy) is 1. The highest BCUT2D eigenvalue weighted by Gasteiger charge is 2.04. The number of aliphatic hydroxyl groups is 1. The van der Waals surface area contributed by atoms with E-state index in [1.165, 1.54) is 0 Å². The molecule has 0 saturated carbocycles. The molecule has 2 aromatic carbocycles. The lowest BCUT2D eigenvalue weighted by molar-refractivity contribution is 0.270. The fraction of sp³-hybridized carbons (Fsp3) is 0.143. The molecule has 0 radical (unpaired) electrons. The second-order valence-electron chi connectivity index (χ2n) is 3.56. The Kier molecular flexibility index (Phi) is 3.22. The van der Waals surface area contributed by atoms with Crippen molar-refractivity contribution in [3.63, 3.8) is 0 Å². The van der Waals surface area contributed by atoms with Gasteiger partial charge in [0.05, 0.1) is 6.61 Å². The van der Waals surface area contributed by atoms with Crippen molar-refractivity contribution in [3.8, 4) is 5.75 Å². The summed E-state index contributed by atoms with van der Waals surface area (Å²) in [5, 5.41) is 11.5. The van der Waals surface area contributed by atoms with E-state index in [9.17, 15) is 5.11 Å². The zero-order chi connectivity index (χ0) is 11.4. The predicted octanol–water partition coefficient (Wildman–Crippen LogP) is 2.90. The van der Waals surface area contributed by atoms with Crippen molar-refractivity contribution in [2.45, 2.75) is 6.61 Å². The molecule has 0 aromatic heterocycles. The fourth-order valence-corrected chi connectivity index (χ4v) is 1.67. The van der Waals surface area contributed by atoms with Crippen LogP contribution in [0.5, 0.6) is 5.75 Å². The van der Waals surface area contributed by atoms with E-state index < -0.39 is 0 Å². The largest absolute Gasteiger partial charge is 0.489 e. The topological polar surface area (TPSA) is 29.5 Å². The third kappa shape index (κ3) is 2.07. The number of rotatable bonds is 4. The minimum atomic E-state index is -0.0166. The van der Waals surface area contributed by atoms with Crippen LogP contribution >= 0.6 is 0 Å². The van der Waals surface area contributed by atoms with Crippen molar-refractivity contribution in [1.29, 1.82) is 0 Å². The van der Waals surface area contributed by atoms with Crippen LogP contribution in [0.1, 0.15) is 5.56 Å². The van der Waals surface area contributed by atoms with Crippen molar-refractivity contribution < 1.29 is 9.84 Å². The monoisotopic (exact) mass is 214 g/mol. The summed E-state index contributed by atoms with van der Waals surface area (Å²) in [7, 11) is 0. The summed E-state index contributed by atoms with van der Waals surface area (Å²) in [6.07, 6.45) is 1.69. The minimum absolute atomic E-state index is 0.0166. The number of hydrogen-bond donors (Lipinski definition) is 1. The summed E-state index contributed by atoms with van der Waals surface area (Å²) in [5.74, 6) is 0.723. The Morgan fingerprint density at radius 1 is 1.19 bits per heavy atom. The third-order valence-electron chi connectivity index (χ3n) is 2.46. The minimum Gasteiger partial charge on any atom is -0.489 e. The Hall–Kier alpha value is -1.80. The van der Waals surface area contributed by atoms with Crippen LogP contribution < -0.4 is 4.74 Å². The molecule has 2 heteroatoms. The summed E-state index contributed by atoms with van der Waals surface area (Å²) in [6.45, 7) is 4.04. The summed E-state index contributed by atoms with van der Waals surface area (Å²) < 4.78 is 5.51. The molecule has 1 N–H and O–H groups in total. The molecule has 0 bridgehead atoms. The average molecular weight is 214 g/mol. The normalized spacial score (nSPS) is 10.3. The van der Waals surface area contributed by atoms with E-state index in [0.717, 1.165) is 22.1 Å². The molecule has 0 fully saturated rings. The van der Waals surface area contributed by atoms with Crippen LogP contribution in [-0.4, -0.2) is 11.7 Å². The highest BCUT2D eigenvalue weighted by molar-refractivity contribution is 5.84. The van der Waals surface area contributed by atoms with Crippen molar-refractivity contribution in [2.24, 2.45) is 0 Å².